The summed E-state index contributed by atoms with van der Waals surface area (Å²) in [6.07, 6.45) is 2.30. The summed E-state index contributed by atoms with van der Waals surface area (Å²) in [5.41, 5.74) is 0. The molecule has 1 unspecified atom stereocenters. The van der Waals surface area contributed by atoms with Gasteiger partial charge in [-0.2, -0.15) is 0 Å². The van der Waals surface area contributed by atoms with Crippen LogP contribution in [-0.4, -0.2) is 31.1 Å². The van der Waals surface area contributed by atoms with Crippen LogP contribution in [0.4, 0.5) is 0 Å². The molecule has 50 valence electrons. The van der Waals surface area contributed by atoms with Gasteiger partial charge in [0.05, 0.1) is 6.54 Å². The summed E-state index contributed by atoms with van der Waals surface area (Å²) in [5.74, 6) is 0. The first-order valence-corrected chi connectivity index (χ1v) is 3.38. The SMILES string of the molecule is [C-]#[N+]C1CCCN(C)C1. The molecular weight excluding hydrogens is 112 g/mol. The maximum absolute atomic E-state index is 6.79. The van der Waals surface area contributed by atoms with Gasteiger partial charge in [0.2, 0.25) is 6.04 Å². The standard InChI is InChI=1S/C7H12N2/c1-8-7-4-3-5-9(2)6-7/h7H,3-6H2,2H3. The van der Waals surface area contributed by atoms with Crippen molar-refractivity contribution in [1.29, 1.82) is 0 Å². The first kappa shape index (κ1) is 6.57. The van der Waals surface area contributed by atoms with Gasteiger partial charge in [0.1, 0.15) is 0 Å². The Balaban J connectivity index is 2.34. The summed E-state index contributed by atoms with van der Waals surface area (Å²) in [5, 5.41) is 0. The molecule has 1 saturated heterocycles. The molecule has 0 aliphatic carbocycles. The van der Waals surface area contributed by atoms with E-state index in [1.807, 2.05) is 0 Å². The molecule has 1 rings (SSSR count). The van der Waals surface area contributed by atoms with Gasteiger partial charge in [0.15, 0.2) is 0 Å². The Labute approximate surface area is 56.3 Å². The highest BCUT2D eigenvalue weighted by molar-refractivity contribution is 4.84. The minimum absolute atomic E-state index is 0.281. The number of rotatable bonds is 0. The lowest BCUT2D eigenvalue weighted by Crippen LogP contribution is -2.33. The molecule has 2 nitrogen and oxygen atoms in total. The van der Waals surface area contributed by atoms with Gasteiger partial charge in [0, 0.05) is 6.42 Å². The van der Waals surface area contributed by atoms with Crippen LogP contribution in [0.15, 0.2) is 0 Å². The van der Waals surface area contributed by atoms with Crippen molar-refractivity contribution in [3.8, 4) is 0 Å². The number of hydrogen-bond donors (Lipinski definition) is 0. The van der Waals surface area contributed by atoms with Crippen molar-refractivity contribution in [2.75, 3.05) is 20.1 Å². The predicted molar refractivity (Wildman–Crippen MR) is 37.1 cm³/mol. The summed E-state index contributed by atoms with van der Waals surface area (Å²) >= 11 is 0. The number of likely N-dealkylation sites (tertiary alicyclic amines) is 1. The Morgan fingerprint density at radius 2 is 2.44 bits per heavy atom. The minimum Gasteiger partial charge on any atom is -0.312 e. The Hall–Kier alpha value is -0.550. The number of piperidine rings is 1. The average molecular weight is 124 g/mol. The number of likely N-dealkylation sites (N-methyl/N-ethyl adjacent to an activating group) is 1. The van der Waals surface area contributed by atoms with Crippen LogP contribution in [0.5, 0.6) is 0 Å². The van der Waals surface area contributed by atoms with Crippen LogP contribution in [0.3, 0.4) is 0 Å². The maximum atomic E-state index is 6.79. The molecule has 1 aliphatic rings. The third-order valence-corrected chi connectivity index (χ3v) is 1.78. The van der Waals surface area contributed by atoms with Crippen molar-refractivity contribution in [2.45, 2.75) is 18.9 Å². The van der Waals surface area contributed by atoms with E-state index >= 15 is 0 Å². The molecule has 2 heteroatoms. The van der Waals surface area contributed by atoms with Gasteiger partial charge in [-0.3, -0.25) is 4.90 Å². The lowest BCUT2D eigenvalue weighted by atomic mass is 10.1. The molecule has 0 aromatic carbocycles. The highest BCUT2D eigenvalue weighted by atomic mass is 15.1. The molecular formula is C7H12N2. The van der Waals surface area contributed by atoms with Crippen LogP contribution < -0.4 is 0 Å². The van der Waals surface area contributed by atoms with Gasteiger partial charge < -0.3 is 4.85 Å². The normalized spacial score (nSPS) is 29.6. The Morgan fingerprint density at radius 3 is 2.89 bits per heavy atom. The second-order valence-electron chi connectivity index (χ2n) is 2.69. The van der Waals surface area contributed by atoms with E-state index in [4.69, 9.17) is 6.57 Å². The van der Waals surface area contributed by atoms with E-state index < -0.39 is 0 Å². The summed E-state index contributed by atoms with van der Waals surface area (Å²) in [7, 11) is 2.08. The molecule has 1 fully saturated rings. The molecule has 1 heterocycles. The quantitative estimate of drug-likeness (QED) is 0.437. The second-order valence-corrected chi connectivity index (χ2v) is 2.69. The van der Waals surface area contributed by atoms with Gasteiger partial charge >= 0.3 is 0 Å². The monoisotopic (exact) mass is 124 g/mol. The lowest BCUT2D eigenvalue weighted by molar-refractivity contribution is 0.268. The second kappa shape index (κ2) is 2.84. The fourth-order valence-electron chi connectivity index (χ4n) is 1.24. The minimum atomic E-state index is 0.281. The van der Waals surface area contributed by atoms with Crippen LogP contribution in [0.25, 0.3) is 4.85 Å². The first-order chi connectivity index (χ1) is 4.33. The van der Waals surface area contributed by atoms with Crippen LogP contribution in [0.1, 0.15) is 12.8 Å². The van der Waals surface area contributed by atoms with Crippen molar-refractivity contribution in [1.82, 2.24) is 4.90 Å². The van der Waals surface area contributed by atoms with E-state index in [9.17, 15) is 0 Å². The van der Waals surface area contributed by atoms with E-state index in [2.05, 4.69) is 16.8 Å². The molecule has 1 aliphatic heterocycles. The predicted octanol–water partition coefficient (Wildman–Crippen LogP) is 1.000. The fraction of sp³-hybridized carbons (Fsp3) is 0.857. The summed E-state index contributed by atoms with van der Waals surface area (Å²) in [4.78, 5) is 5.73. The van der Waals surface area contributed by atoms with Gasteiger partial charge in [-0.1, -0.05) is 0 Å². The third kappa shape index (κ3) is 1.69. The van der Waals surface area contributed by atoms with E-state index in [-0.39, 0.29) is 6.04 Å². The van der Waals surface area contributed by atoms with E-state index in [0.29, 0.717) is 0 Å². The zero-order valence-corrected chi connectivity index (χ0v) is 5.80. The molecule has 0 radical (unpaired) electrons. The third-order valence-electron chi connectivity index (χ3n) is 1.78. The number of hydrogen-bond acceptors (Lipinski definition) is 1. The highest BCUT2D eigenvalue weighted by Crippen LogP contribution is 2.10. The van der Waals surface area contributed by atoms with E-state index in [1.54, 1.807) is 0 Å². The first-order valence-electron chi connectivity index (χ1n) is 3.38. The molecule has 0 spiro atoms. The molecule has 9 heavy (non-hydrogen) atoms. The van der Waals surface area contributed by atoms with Crippen molar-refractivity contribution in [3.63, 3.8) is 0 Å². The molecule has 0 saturated carbocycles. The lowest BCUT2D eigenvalue weighted by Gasteiger charge is -2.22. The number of nitrogens with zero attached hydrogens (tertiary/aromatic N) is 2. The zero-order chi connectivity index (χ0) is 6.69. The Morgan fingerprint density at radius 1 is 1.67 bits per heavy atom. The van der Waals surface area contributed by atoms with Crippen LogP contribution >= 0.6 is 0 Å². The topological polar surface area (TPSA) is 7.60 Å². The largest absolute Gasteiger partial charge is 0.312 e. The van der Waals surface area contributed by atoms with Crippen molar-refractivity contribution in [3.05, 3.63) is 11.4 Å². The summed E-state index contributed by atoms with van der Waals surface area (Å²) in [6.45, 7) is 8.93. The Bertz CT molecular complexity index is 125. The summed E-state index contributed by atoms with van der Waals surface area (Å²) in [6, 6.07) is 0.281. The summed E-state index contributed by atoms with van der Waals surface area (Å²) < 4.78 is 0. The van der Waals surface area contributed by atoms with Gasteiger partial charge in [-0.25, -0.2) is 6.57 Å². The Kier molecular flexibility index (Phi) is 2.07. The highest BCUT2D eigenvalue weighted by Gasteiger charge is 2.19. The smallest absolute Gasteiger partial charge is 0.236 e. The molecule has 0 N–H and O–H groups in total. The van der Waals surface area contributed by atoms with Gasteiger partial charge in [-0.05, 0) is 20.0 Å². The van der Waals surface area contributed by atoms with Crippen molar-refractivity contribution < 1.29 is 0 Å². The van der Waals surface area contributed by atoms with Crippen LogP contribution in [-0.2, 0) is 0 Å². The van der Waals surface area contributed by atoms with E-state index in [0.717, 1.165) is 13.0 Å². The molecule has 0 aromatic heterocycles. The molecule has 1 atom stereocenters. The molecule has 0 amide bonds. The van der Waals surface area contributed by atoms with E-state index in [1.165, 1.54) is 13.0 Å². The van der Waals surface area contributed by atoms with Crippen molar-refractivity contribution in [2.24, 2.45) is 0 Å². The van der Waals surface area contributed by atoms with Crippen molar-refractivity contribution >= 4 is 0 Å². The van der Waals surface area contributed by atoms with Crippen LogP contribution in [0.2, 0.25) is 0 Å². The van der Waals surface area contributed by atoms with Gasteiger partial charge in [0.25, 0.3) is 0 Å². The van der Waals surface area contributed by atoms with Gasteiger partial charge in [-0.15, -0.1) is 0 Å². The average Bonchev–Trinajstić information content (AvgIpc) is 1.88. The fourth-order valence-corrected chi connectivity index (χ4v) is 1.24. The maximum Gasteiger partial charge on any atom is 0.236 e. The molecule has 0 bridgehead atoms. The van der Waals surface area contributed by atoms with Crippen LogP contribution in [0, 0.1) is 6.57 Å². The zero-order valence-electron chi connectivity index (χ0n) is 5.80. The molecule has 0 aromatic rings.